The molecular formula is C19H19ClN2O2. The highest BCUT2D eigenvalue weighted by atomic mass is 35.5. The molecule has 0 bridgehead atoms. The maximum Gasteiger partial charge on any atom is 0.254 e. The lowest BCUT2D eigenvalue weighted by atomic mass is 10.1. The summed E-state index contributed by atoms with van der Waals surface area (Å²) in [6, 6.07) is 16.1. The molecule has 2 aromatic rings. The van der Waals surface area contributed by atoms with Crippen LogP contribution in [0, 0.1) is 0 Å². The standard InChI is InChI=1S/C19H19ClN2O2/c20-16-10-8-15(9-11-16)19(24)22-12-4-7-17(22)18(23)21-13-14-5-2-1-3-6-14/h1-3,5-6,8-11,17H,4,7,12-13H2,(H,21,23)/t17-/m0/s1. The smallest absolute Gasteiger partial charge is 0.254 e. The largest absolute Gasteiger partial charge is 0.350 e. The number of carbonyl (C=O) groups excluding carboxylic acids is 2. The highest BCUT2D eigenvalue weighted by molar-refractivity contribution is 6.30. The molecule has 0 spiro atoms. The van der Waals surface area contributed by atoms with Gasteiger partial charge in [0.25, 0.3) is 5.91 Å². The molecule has 1 heterocycles. The summed E-state index contributed by atoms with van der Waals surface area (Å²) < 4.78 is 0. The first-order valence-corrected chi connectivity index (χ1v) is 8.41. The molecule has 1 atom stereocenters. The number of carbonyl (C=O) groups is 2. The molecule has 2 amide bonds. The van der Waals surface area contributed by atoms with Crippen LogP contribution in [0.3, 0.4) is 0 Å². The van der Waals surface area contributed by atoms with Crippen molar-refractivity contribution in [3.8, 4) is 0 Å². The van der Waals surface area contributed by atoms with E-state index >= 15 is 0 Å². The van der Waals surface area contributed by atoms with Gasteiger partial charge in [0.2, 0.25) is 5.91 Å². The highest BCUT2D eigenvalue weighted by Gasteiger charge is 2.34. The molecule has 1 N–H and O–H groups in total. The Bertz CT molecular complexity index is 716. The van der Waals surface area contributed by atoms with Crippen LogP contribution >= 0.6 is 11.6 Å². The number of nitrogens with zero attached hydrogens (tertiary/aromatic N) is 1. The molecule has 1 aliphatic rings. The van der Waals surface area contributed by atoms with Crippen molar-refractivity contribution < 1.29 is 9.59 Å². The lowest BCUT2D eigenvalue weighted by Crippen LogP contribution is -2.45. The number of nitrogens with one attached hydrogen (secondary N) is 1. The molecule has 0 unspecified atom stereocenters. The van der Waals surface area contributed by atoms with Crippen LogP contribution in [0.25, 0.3) is 0 Å². The van der Waals surface area contributed by atoms with E-state index < -0.39 is 6.04 Å². The van der Waals surface area contributed by atoms with E-state index in [9.17, 15) is 9.59 Å². The molecule has 4 nitrogen and oxygen atoms in total. The predicted octanol–water partition coefficient (Wildman–Crippen LogP) is 3.26. The third-order valence-electron chi connectivity index (χ3n) is 4.22. The minimum absolute atomic E-state index is 0.0985. The summed E-state index contributed by atoms with van der Waals surface area (Å²) in [5.74, 6) is -0.220. The van der Waals surface area contributed by atoms with Crippen molar-refractivity contribution >= 4 is 23.4 Å². The zero-order valence-electron chi connectivity index (χ0n) is 13.2. The number of hydrogen-bond acceptors (Lipinski definition) is 2. The molecule has 2 aromatic carbocycles. The van der Waals surface area contributed by atoms with Crippen LogP contribution in [-0.4, -0.2) is 29.3 Å². The van der Waals surface area contributed by atoms with Gasteiger partial charge in [-0.05, 0) is 42.7 Å². The Labute approximate surface area is 146 Å². The molecule has 1 aliphatic heterocycles. The van der Waals surface area contributed by atoms with Gasteiger partial charge in [0.05, 0.1) is 0 Å². The fraction of sp³-hybridized carbons (Fsp3) is 0.263. The molecule has 24 heavy (non-hydrogen) atoms. The van der Waals surface area contributed by atoms with Gasteiger partial charge in [-0.2, -0.15) is 0 Å². The third kappa shape index (κ3) is 3.77. The fourth-order valence-corrected chi connectivity index (χ4v) is 3.07. The monoisotopic (exact) mass is 342 g/mol. The van der Waals surface area contributed by atoms with Crippen LogP contribution < -0.4 is 5.32 Å². The van der Waals surface area contributed by atoms with E-state index in [1.807, 2.05) is 30.3 Å². The van der Waals surface area contributed by atoms with E-state index in [1.165, 1.54) is 0 Å². The van der Waals surface area contributed by atoms with Crippen molar-refractivity contribution in [2.75, 3.05) is 6.54 Å². The minimum atomic E-state index is -0.406. The van der Waals surface area contributed by atoms with E-state index in [4.69, 9.17) is 11.6 Å². The van der Waals surface area contributed by atoms with Crippen LogP contribution in [0.2, 0.25) is 5.02 Å². The molecule has 124 valence electrons. The average Bonchev–Trinajstić information content (AvgIpc) is 3.10. The summed E-state index contributed by atoms with van der Waals surface area (Å²) in [6.07, 6.45) is 1.53. The number of likely N-dealkylation sites (tertiary alicyclic amines) is 1. The van der Waals surface area contributed by atoms with Gasteiger partial charge in [0, 0.05) is 23.7 Å². The highest BCUT2D eigenvalue weighted by Crippen LogP contribution is 2.21. The van der Waals surface area contributed by atoms with Gasteiger partial charge < -0.3 is 10.2 Å². The number of benzene rings is 2. The lowest BCUT2D eigenvalue weighted by Gasteiger charge is -2.24. The van der Waals surface area contributed by atoms with Crippen molar-refractivity contribution in [1.82, 2.24) is 10.2 Å². The zero-order valence-corrected chi connectivity index (χ0v) is 14.0. The van der Waals surface area contributed by atoms with Crippen LogP contribution in [0.15, 0.2) is 54.6 Å². The van der Waals surface area contributed by atoms with Gasteiger partial charge in [-0.15, -0.1) is 0 Å². The Hall–Kier alpha value is -2.33. The average molecular weight is 343 g/mol. The Morgan fingerprint density at radius 1 is 1.08 bits per heavy atom. The maximum atomic E-state index is 12.7. The van der Waals surface area contributed by atoms with Crippen molar-refractivity contribution in [1.29, 1.82) is 0 Å². The summed E-state index contributed by atoms with van der Waals surface area (Å²) in [6.45, 7) is 1.07. The number of hydrogen-bond donors (Lipinski definition) is 1. The first kappa shape index (κ1) is 16.5. The molecule has 5 heteroatoms. The van der Waals surface area contributed by atoms with Gasteiger partial charge >= 0.3 is 0 Å². The van der Waals surface area contributed by atoms with E-state index in [2.05, 4.69) is 5.32 Å². The molecule has 1 fully saturated rings. The second-order valence-corrected chi connectivity index (χ2v) is 6.30. The van der Waals surface area contributed by atoms with Gasteiger partial charge in [-0.1, -0.05) is 41.9 Å². The summed E-state index contributed by atoms with van der Waals surface area (Å²) >= 11 is 5.87. The van der Waals surface area contributed by atoms with Crippen molar-refractivity contribution in [2.24, 2.45) is 0 Å². The molecule has 0 radical (unpaired) electrons. The van der Waals surface area contributed by atoms with Gasteiger partial charge in [-0.3, -0.25) is 9.59 Å². The molecular weight excluding hydrogens is 324 g/mol. The first-order chi connectivity index (χ1) is 11.6. The molecule has 3 rings (SSSR count). The Balaban J connectivity index is 1.65. The Morgan fingerprint density at radius 2 is 1.79 bits per heavy atom. The molecule has 0 aromatic heterocycles. The van der Waals surface area contributed by atoms with Crippen molar-refractivity contribution in [3.63, 3.8) is 0 Å². The second kappa shape index (κ2) is 7.49. The molecule has 0 aliphatic carbocycles. The minimum Gasteiger partial charge on any atom is -0.350 e. The van der Waals surface area contributed by atoms with E-state index in [1.54, 1.807) is 29.2 Å². The predicted molar refractivity (Wildman–Crippen MR) is 93.8 cm³/mol. The van der Waals surface area contributed by atoms with Crippen LogP contribution in [-0.2, 0) is 11.3 Å². The van der Waals surface area contributed by atoms with Crippen LogP contribution in [0.4, 0.5) is 0 Å². The number of amides is 2. The molecule has 0 saturated carbocycles. The maximum absolute atomic E-state index is 12.7. The normalized spacial score (nSPS) is 16.9. The topological polar surface area (TPSA) is 49.4 Å². The van der Waals surface area contributed by atoms with Gasteiger partial charge in [-0.25, -0.2) is 0 Å². The van der Waals surface area contributed by atoms with E-state index in [0.717, 1.165) is 12.0 Å². The summed E-state index contributed by atoms with van der Waals surface area (Å²) in [4.78, 5) is 26.8. The molecule has 1 saturated heterocycles. The lowest BCUT2D eigenvalue weighted by molar-refractivity contribution is -0.125. The Kier molecular flexibility index (Phi) is 5.16. The second-order valence-electron chi connectivity index (χ2n) is 5.87. The zero-order chi connectivity index (χ0) is 16.9. The first-order valence-electron chi connectivity index (χ1n) is 8.03. The third-order valence-corrected chi connectivity index (χ3v) is 4.47. The Morgan fingerprint density at radius 3 is 2.50 bits per heavy atom. The van der Waals surface area contributed by atoms with Crippen molar-refractivity contribution in [3.05, 3.63) is 70.7 Å². The summed E-state index contributed by atoms with van der Waals surface area (Å²) in [5, 5.41) is 3.52. The number of rotatable bonds is 4. The summed E-state index contributed by atoms with van der Waals surface area (Å²) in [7, 11) is 0. The van der Waals surface area contributed by atoms with Gasteiger partial charge in [0.1, 0.15) is 6.04 Å². The van der Waals surface area contributed by atoms with E-state index in [0.29, 0.717) is 30.1 Å². The van der Waals surface area contributed by atoms with Crippen molar-refractivity contribution in [2.45, 2.75) is 25.4 Å². The van der Waals surface area contributed by atoms with E-state index in [-0.39, 0.29) is 11.8 Å². The fourth-order valence-electron chi connectivity index (χ4n) is 2.94. The number of halogens is 1. The van der Waals surface area contributed by atoms with Crippen LogP contribution in [0.1, 0.15) is 28.8 Å². The SMILES string of the molecule is O=C(NCc1ccccc1)[C@@H]1CCCN1C(=O)c1ccc(Cl)cc1. The van der Waals surface area contributed by atoms with Crippen LogP contribution in [0.5, 0.6) is 0 Å². The summed E-state index contributed by atoms with van der Waals surface area (Å²) in [5.41, 5.74) is 1.60. The van der Waals surface area contributed by atoms with Gasteiger partial charge in [0.15, 0.2) is 0 Å². The quantitative estimate of drug-likeness (QED) is 0.927.